The van der Waals surface area contributed by atoms with Gasteiger partial charge in [0, 0.05) is 11.8 Å². The summed E-state index contributed by atoms with van der Waals surface area (Å²) in [5, 5.41) is -0.895. The minimum absolute atomic E-state index is 0.239. The summed E-state index contributed by atoms with van der Waals surface area (Å²) in [6, 6.07) is 12.1. The van der Waals surface area contributed by atoms with Gasteiger partial charge >= 0.3 is 0 Å². The van der Waals surface area contributed by atoms with Gasteiger partial charge in [-0.2, -0.15) is 0 Å². The summed E-state index contributed by atoms with van der Waals surface area (Å²) in [6.07, 6.45) is 1.78. The van der Waals surface area contributed by atoms with Crippen molar-refractivity contribution in [3.05, 3.63) is 53.7 Å². The number of hydrogen-bond acceptors (Lipinski definition) is 1. The van der Waals surface area contributed by atoms with Crippen molar-refractivity contribution in [1.29, 1.82) is 0 Å². The van der Waals surface area contributed by atoms with Gasteiger partial charge in [-0.25, -0.2) is 0 Å². The summed E-state index contributed by atoms with van der Waals surface area (Å²) in [5.41, 5.74) is 3.87. The van der Waals surface area contributed by atoms with E-state index in [4.69, 9.17) is 15.7 Å². The van der Waals surface area contributed by atoms with Crippen molar-refractivity contribution < 1.29 is 0 Å². The molecule has 0 saturated heterocycles. The second-order valence-corrected chi connectivity index (χ2v) is 6.36. The molecule has 2 aromatic rings. The fraction of sp³-hybridized carbons (Fsp3) is 0.353. The largest absolute Gasteiger partial charge is 0.256 e. The van der Waals surface area contributed by atoms with Crippen LogP contribution in [0.3, 0.4) is 0 Å². The van der Waals surface area contributed by atoms with E-state index in [1.165, 1.54) is 5.56 Å². The first-order valence-corrected chi connectivity index (χ1v) is 6.84. The Hall–Kier alpha value is -1.50. The Morgan fingerprint density at radius 3 is 2.25 bits per heavy atom. The molecule has 0 amide bonds. The van der Waals surface area contributed by atoms with E-state index in [1.807, 2.05) is 45.0 Å². The van der Waals surface area contributed by atoms with E-state index in [0.29, 0.717) is 0 Å². The second kappa shape index (κ2) is 5.12. The lowest BCUT2D eigenvalue weighted by molar-refractivity contribution is 0.358. The molecule has 0 saturated carbocycles. The molecule has 0 aliphatic carbocycles. The van der Waals surface area contributed by atoms with Gasteiger partial charge in [-0.3, -0.25) is 4.98 Å². The zero-order valence-corrected chi connectivity index (χ0v) is 12.6. The lowest BCUT2D eigenvalue weighted by atomic mass is 9.41. The second-order valence-electron chi connectivity index (χ2n) is 6.36. The van der Waals surface area contributed by atoms with Crippen molar-refractivity contribution in [3.8, 4) is 11.3 Å². The molecule has 0 aliphatic heterocycles. The molecule has 98 valence electrons. The lowest BCUT2D eigenvalue weighted by Gasteiger charge is -2.40. The fourth-order valence-corrected chi connectivity index (χ4v) is 2.13. The normalized spacial score (nSPS) is 12.4. The third kappa shape index (κ3) is 2.67. The first-order valence-electron chi connectivity index (χ1n) is 6.84. The van der Waals surface area contributed by atoms with Gasteiger partial charge in [0.25, 0.3) is 0 Å². The van der Waals surface area contributed by atoms with Crippen LogP contribution in [-0.4, -0.2) is 20.7 Å². The summed E-state index contributed by atoms with van der Waals surface area (Å²) >= 11 is 0. The maximum atomic E-state index is 6.35. The van der Waals surface area contributed by atoms with Crippen LogP contribution < -0.4 is 0 Å². The minimum Gasteiger partial charge on any atom is -0.256 e. The molecule has 1 heterocycles. The van der Waals surface area contributed by atoms with Crippen molar-refractivity contribution in [3.63, 3.8) is 0 Å². The average Bonchev–Trinajstić information content (AvgIpc) is 2.38. The molecule has 0 spiro atoms. The van der Waals surface area contributed by atoms with Crippen LogP contribution in [0.25, 0.3) is 11.3 Å². The molecule has 0 atom stereocenters. The van der Waals surface area contributed by atoms with Gasteiger partial charge in [0.2, 0.25) is 0 Å². The quantitative estimate of drug-likeness (QED) is 0.751. The Balaban J connectivity index is 2.52. The SMILES string of the molecule is [B]C([B])(c1ccnc(-c2ccccc2C)c1)C(C)(C)C. The topological polar surface area (TPSA) is 12.9 Å². The van der Waals surface area contributed by atoms with Crippen LogP contribution in [0, 0.1) is 12.3 Å². The molecule has 0 fully saturated rings. The first kappa shape index (κ1) is 14.9. The lowest BCUT2D eigenvalue weighted by Crippen LogP contribution is -2.41. The van der Waals surface area contributed by atoms with Gasteiger partial charge in [-0.1, -0.05) is 55.8 Å². The maximum Gasteiger partial charge on any atom is 0.0707 e. The molecular weight excluding hydrogens is 240 g/mol. The highest BCUT2D eigenvalue weighted by Crippen LogP contribution is 2.37. The van der Waals surface area contributed by atoms with E-state index in [0.717, 1.165) is 16.8 Å². The smallest absolute Gasteiger partial charge is 0.0707 e. The maximum absolute atomic E-state index is 6.35. The van der Waals surface area contributed by atoms with E-state index in [-0.39, 0.29) is 5.41 Å². The standard InChI is InChI=1S/C17H19B2N/c1-12-7-5-6-8-14(12)15-11-13(9-10-20-15)17(18,19)16(2,3)4/h5-11H,1-4H3. The van der Waals surface area contributed by atoms with Gasteiger partial charge in [-0.05, 0) is 30.0 Å². The molecule has 4 radical (unpaired) electrons. The molecular formula is C17H19B2N. The van der Waals surface area contributed by atoms with Crippen molar-refractivity contribution in [1.82, 2.24) is 4.98 Å². The Kier molecular flexibility index (Phi) is 3.82. The Labute approximate surface area is 124 Å². The number of hydrogen-bond donors (Lipinski definition) is 0. The fourth-order valence-electron chi connectivity index (χ4n) is 2.13. The average molecular weight is 259 g/mol. The van der Waals surface area contributed by atoms with Crippen molar-refractivity contribution >= 4 is 15.7 Å². The van der Waals surface area contributed by atoms with E-state index in [9.17, 15) is 0 Å². The molecule has 2 rings (SSSR count). The predicted octanol–water partition coefficient (Wildman–Crippen LogP) is 3.59. The monoisotopic (exact) mass is 259 g/mol. The molecule has 3 heteroatoms. The van der Waals surface area contributed by atoms with Gasteiger partial charge in [0.05, 0.1) is 21.4 Å². The van der Waals surface area contributed by atoms with Crippen LogP contribution in [0.2, 0.25) is 0 Å². The molecule has 20 heavy (non-hydrogen) atoms. The molecule has 0 N–H and O–H groups in total. The molecule has 1 aromatic carbocycles. The summed E-state index contributed by atoms with van der Waals surface area (Å²) < 4.78 is 0. The van der Waals surface area contributed by atoms with Crippen LogP contribution in [0.15, 0.2) is 42.6 Å². The van der Waals surface area contributed by atoms with E-state index < -0.39 is 5.21 Å². The van der Waals surface area contributed by atoms with Crippen molar-refractivity contribution in [2.24, 2.45) is 5.41 Å². The third-order valence-electron chi connectivity index (χ3n) is 3.90. The Morgan fingerprint density at radius 2 is 1.65 bits per heavy atom. The molecule has 0 unspecified atom stereocenters. The summed E-state index contributed by atoms with van der Waals surface area (Å²) in [7, 11) is 12.7. The number of aromatic nitrogens is 1. The zero-order valence-electron chi connectivity index (χ0n) is 12.6. The zero-order chi connectivity index (χ0) is 15.0. The van der Waals surface area contributed by atoms with E-state index >= 15 is 0 Å². The summed E-state index contributed by atoms with van der Waals surface area (Å²) in [5.74, 6) is 0. The minimum atomic E-state index is -0.895. The highest BCUT2D eigenvalue weighted by Gasteiger charge is 2.33. The van der Waals surface area contributed by atoms with E-state index in [2.05, 4.69) is 24.0 Å². The first-order chi connectivity index (χ1) is 9.23. The van der Waals surface area contributed by atoms with Gasteiger partial charge in [0.15, 0.2) is 0 Å². The number of aryl methyl sites for hydroxylation is 1. The van der Waals surface area contributed by atoms with E-state index in [1.54, 1.807) is 6.20 Å². The highest BCUT2D eigenvalue weighted by molar-refractivity contribution is 6.40. The van der Waals surface area contributed by atoms with Crippen LogP contribution >= 0.6 is 0 Å². The molecule has 1 nitrogen and oxygen atoms in total. The van der Waals surface area contributed by atoms with Gasteiger partial charge in [0.1, 0.15) is 0 Å². The van der Waals surface area contributed by atoms with Crippen molar-refractivity contribution in [2.45, 2.75) is 32.9 Å². The number of rotatable bonds is 2. The summed E-state index contributed by atoms with van der Waals surface area (Å²) in [4.78, 5) is 4.45. The Bertz CT molecular complexity index is 612. The highest BCUT2D eigenvalue weighted by atomic mass is 14.7. The van der Waals surface area contributed by atoms with Crippen LogP contribution in [-0.2, 0) is 5.21 Å². The predicted molar refractivity (Wildman–Crippen MR) is 87.1 cm³/mol. The van der Waals surface area contributed by atoms with Gasteiger partial charge < -0.3 is 0 Å². The van der Waals surface area contributed by atoms with Crippen molar-refractivity contribution in [2.75, 3.05) is 0 Å². The summed E-state index contributed by atoms with van der Waals surface area (Å²) in [6.45, 7) is 8.20. The molecule has 0 bridgehead atoms. The van der Waals surface area contributed by atoms with Crippen LogP contribution in [0.5, 0.6) is 0 Å². The molecule has 1 aromatic heterocycles. The van der Waals surface area contributed by atoms with Crippen LogP contribution in [0.4, 0.5) is 0 Å². The van der Waals surface area contributed by atoms with Crippen LogP contribution in [0.1, 0.15) is 31.9 Å². The third-order valence-corrected chi connectivity index (χ3v) is 3.90. The molecule has 0 aliphatic rings. The number of pyridine rings is 1. The van der Waals surface area contributed by atoms with Gasteiger partial charge in [-0.15, -0.1) is 0 Å². The Morgan fingerprint density at radius 1 is 1.00 bits per heavy atom. The number of benzene rings is 1. The number of nitrogens with zero attached hydrogens (tertiary/aromatic N) is 1.